The summed E-state index contributed by atoms with van der Waals surface area (Å²) in [5, 5.41) is 0. The van der Waals surface area contributed by atoms with Crippen LogP contribution in [-0.4, -0.2) is 59.5 Å². The molecule has 0 spiro atoms. The average Bonchev–Trinajstić information content (AvgIpc) is 2.37. The molecule has 0 saturated carbocycles. The number of carbonyl (C=O) groups is 2. The zero-order chi connectivity index (χ0) is 14.8. The van der Waals surface area contributed by atoms with Gasteiger partial charge in [0.05, 0.1) is 6.54 Å². The van der Waals surface area contributed by atoms with Gasteiger partial charge in [0.25, 0.3) is 0 Å². The summed E-state index contributed by atoms with van der Waals surface area (Å²) >= 11 is 0. The lowest BCUT2D eigenvalue weighted by Gasteiger charge is -2.39. The summed E-state index contributed by atoms with van der Waals surface area (Å²) in [6.07, 6.45) is 3.36. The molecule has 5 nitrogen and oxygen atoms in total. The molecule has 5 heteroatoms. The highest BCUT2D eigenvalue weighted by Gasteiger charge is 2.31. The number of Topliss-reactive ketones (excluding diaryl/α,β-unsaturated/α-hetero) is 1. The van der Waals surface area contributed by atoms with E-state index in [0.717, 1.165) is 45.3 Å². The summed E-state index contributed by atoms with van der Waals surface area (Å²) in [7, 11) is 0. The van der Waals surface area contributed by atoms with Crippen molar-refractivity contribution in [3.63, 3.8) is 0 Å². The Morgan fingerprint density at radius 1 is 1.20 bits per heavy atom. The number of ether oxygens (including phenoxy) is 1. The molecule has 2 saturated heterocycles. The van der Waals surface area contributed by atoms with Crippen LogP contribution < -0.4 is 0 Å². The maximum atomic E-state index is 12.0. The van der Waals surface area contributed by atoms with Crippen LogP contribution in [0.4, 0.5) is 4.79 Å². The average molecular weight is 282 g/mol. The molecule has 0 unspecified atom stereocenters. The molecule has 2 aliphatic rings. The van der Waals surface area contributed by atoms with Crippen LogP contribution in [-0.2, 0) is 9.53 Å². The molecule has 0 aromatic rings. The molecule has 2 aliphatic heterocycles. The number of hydrogen-bond acceptors (Lipinski definition) is 4. The monoisotopic (exact) mass is 282 g/mol. The topological polar surface area (TPSA) is 49.9 Å². The minimum Gasteiger partial charge on any atom is -0.444 e. The normalized spacial score (nSPS) is 22.9. The van der Waals surface area contributed by atoms with Crippen molar-refractivity contribution in [2.45, 2.75) is 58.1 Å². The highest BCUT2D eigenvalue weighted by molar-refractivity contribution is 5.81. The highest BCUT2D eigenvalue weighted by Crippen LogP contribution is 2.21. The maximum Gasteiger partial charge on any atom is 0.410 e. The number of hydrogen-bond donors (Lipinski definition) is 0. The quantitative estimate of drug-likeness (QED) is 0.738. The Morgan fingerprint density at radius 3 is 2.40 bits per heavy atom. The van der Waals surface area contributed by atoms with Gasteiger partial charge in [-0.05, 0) is 46.6 Å². The maximum absolute atomic E-state index is 12.0. The molecule has 2 rings (SSSR count). The molecule has 0 aliphatic carbocycles. The third-order valence-electron chi connectivity index (χ3n) is 3.91. The van der Waals surface area contributed by atoms with Gasteiger partial charge in [0.15, 0.2) is 0 Å². The van der Waals surface area contributed by atoms with E-state index in [1.54, 1.807) is 4.90 Å². The molecule has 0 aromatic heterocycles. The summed E-state index contributed by atoms with van der Waals surface area (Å²) in [5.41, 5.74) is -0.437. The second-order valence-electron chi connectivity index (χ2n) is 6.81. The molecule has 114 valence electrons. The van der Waals surface area contributed by atoms with Gasteiger partial charge in [0.1, 0.15) is 11.4 Å². The van der Waals surface area contributed by atoms with Crippen LogP contribution >= 0.6 is 0 Å². The molecule has 0 aromatic carbocycles. The Hall–Kier alpha value is -1.10. The van der Waals surface area contributed by atoms with E-state index in [9.17, 15) is 9.59 Å². The van der Waals surface area contributed by atoms with E-state index in [-0.39, 0.29) is 6.09 Å². The van der Waals surface area contributed by atoms with Crippen LogP contribution in [0.5, 0.6) is 0 Å². The first-order chi connectivity index (χ1) is 9.35. The first-order valence-corrected chi connectivity index (χ1v) is 7.59. The van der Waals surface area contributed by atoms with E-state index in [1.165, 1.54) is 0 Å². The highest BCUT2D eigenvalue weighted by atomic mass is 16.6. The number of likely N-dealkylation sites (tertiary alicyclic amines) is 2. The number of ketones is 1. The molecule has 1 amide bonds. The van der Waals surface area contributed by atoms with E-state index >= 15 is 0 Å². The lowest BCUT2D eigenvalue weighted by molar-refractivity contribution is -0.123. The molecule has 0 radical (unpaired) electrons. The van der Waals surface area contributed by atoms with Gasteiger partial charge >= 0.3 is 6.09 Å². The second kappa shape index (κ2) is 6.12. The van der Waals surface area contributed by atoms with Crippen LogP contribution in [0.2, 0.25) is 0 Å². The van der Waals surface area contributed by atoms with E-state index in [1.807, 2.05) is 20.8 Å². The van der Waals surface area contributed by atoms with Gasteiger partial charge in [0, 0.05) is 25.6 Å². The minimum absolute atomic E-state index is 0.217. The standard InChI is InChI=1S/C15H26N2O3/c1-15(2,3)20-14(19)16-9-6-12(7-10-16)17-8-4-5-13(18)11-17/h12H,4-11H2,1-3H3. The van der Waals surface area contributed by atoms with Gasteiger partial charge in [-0.25, -0.2) is 4.79 Å². The Labute approximate surface area is 121 Å². The zero-order valence-electron chi connectivity index (χ0n) is 12.9. The van der Waals surface area contributed by atoms with Gasteiger partial charge in [-0.1, -0.05) is 0 Å². The number of nitrogens with zero attached hydrogens (tertiary/aromatic N) is 2. The Balaban J connectivity index is 1.80. The van der Waals surface area contributed by atoms with Crippen molar-refractivity contribution >= 4 is 11.9 Å². The first kappa shape index (κ1) is 15.3. The van der Waals surface area contributed by atoms with E-state index in [0.29, 0.717) is 18.4 Å². The summed E-state index contributed by atoms with van der Waals surface area (Å²) in [6, 6.07) is 0.443. The second-order valence-corrected chi connectivity index (χ2v) is 6.81. The summed E-state index contributed by atoms with van der Waals surface area (Å²) in [5.74, 6) is 0.353. The van der Waals surface area contributed by atoms with Gasteiger partial charge in [-0.15, -0.1) is 0 Å². The Kier molecular flexibility index (Phi) is 4.68. The van der Waals surface area contributed by atoms with Gasteiger partial charge < -0.3 is 9.64 Å². The number of amides is 1. The molecule has 0 N–H and O–H groups in total. The lowest BCUT2D eigenvalue weighted by atomic mass is 10.00. The van der Waals surface area contributed by atoms with Crippen molar-refractivity contribution in [2.75, 3.05) is 26.2 Å². The molecular formula is C15H26N2O3. The van der Waals surface area contributed by atoms with Crippen LogP contribution in [0, 0.1) is 0 Å². The van der Waals surface area contributed by atoms with Crippen molar-refractivity contribution in [1.82, 2.24) is 9.80 Å². The predicted octanol–water partition coefficient (Wildman–Crippen LogP) is 2.05. The SMILES string of the molecule is CC(C)(C)OC(=O)N1CCC(N2CCCC(=O)C2)CC1. The third kappa shape index (κ3) is 4.20. The third-order valence-corrected chi connectivity index (χ3v) is 3.91. The Morgan fingerprint density at radius 2 is 1.85 bits per heavy atom. The summed E-state index contributed by atoms with van der Waals surface area (Å²) in [6.45, 7) is 8.72. The zero-order valence-corrected chi connectivity index (χ0v) is 12.9. The molecule has 0 bridgehead atoms. The molecular weight excluding hydrogens is 256 g/mol. The molecule has 0 atom stereocenters. The molecule has 2 heterocycles. The van der Waals surface area contributed by atoms with Gasteiger partial charge in [0.2, 0.25) is 0 Å². The number of carbonyl (C=O) groups excluding carboxylic acids is 2. The predicted molar refractivity (Wildman–Crippen MR) is 76.6 cm³/mol. The lowest BCUT2D eigenvalue weighted by Crippen LogP contribution is -2.50. The molecule has 20 heavy (non-hydrogen) atoms. The fourth-order valence-electron chi connectivity index (χ4n) is 2.92. The van der Waals surface area contributed by atoms with Crippen LogP contribution in [0.1, 0.15) is 46.5 Å². The van der Waals surface area contributed by atoms with E-state index in [4.69, 9.17) is 4.74 Å². The van der Waals surface area contributed by atoms with Crippen LogP contribution in [0.3, 0.4) is 0 Å². The van der Waals surface area contributed by atoms with Gasteiger partial charge in [-0.2, -0.15) is 0 Å². The van der Waals surface area contributed by atoms with Crippen molar-refractivity contribution in [3.8, 4) is 0 Å². The van der Waals surface area contributed by atoms with Gasteiger partial charge in [-0.3, -0.25) is 9.69 Å². The first-order valence-electron chi connectivity index (χ1n) is 7.59. The largest absolute Gasteiger partial charge is 0.444 e. The van der Waals surface area contributed by atoms with Crippen molar-refractivity contribution in [2.24, 2.45) is 0 Å². The van der Waals surface area contributed by atoms with E-state index in [2.05, 4.69) is 4.90 Å². The van der Waals surface area contributed by atoms with Crippen molar-refractivity contribution < 1.29 is 14.3 Å². The van der Waals surface area contributed by atoms with Crippen LogP contribution in [0.15, 0.2) is 0 Å². The fourth-order valence-corrected chi connectivity index (χ4v) is 2.92. The smallest absolute Gasteiger partial charge is 0.410 e. The number of piperidine rings is 2. The van der Waals surface area contributed by atoms with Crippen molar-refractivity contribution in [1.29, 1.82) is 0 Å². The number of rotatable bonds is 1. The fraction of sp³-hybridized carbons (Fsp3) is 0.867. The molecule has 2 fully saturated rings. The van der Waals surface area contributed by atoms with Crippen molar-refractivity contribution in [3.05, 3.63) is 0 Å². The summed E-state index contributed by atoms with van der Waals surface area (Å²) in [4.78, 5) is 27.6. The minimum atomic E-state index is -0.437. The summed E-state index contributed by atoms with van der Waals surface area (Å²) < 4.78 is 5.39. The van der Waals surface area contributed by atoms with E-state index < -0.39 is 5.60 Å². The Bertz CT molecular complexity index is 368. The van der Waals surface area contributed by atoms with Crippen LogP contribution in [0.25, 0.3) is 0 Å².